The first-order chi connectivity index (χ1) is 7.35. The molecular formula is C13H21NS. The van der Waals surface area contributed by atoms with Crippen molar-refractivity contribution in [3.63, 3.8) is 0 Å². The van der Waals surface area contributed by atoms with Crippen LogP contribution in [0.2, 0.25) is 0 Å². The van der Waals surface area contributed by atoms with Gasteiger partial charge in [0.25, 0.3) is 0 Å². The van der Waals surface area contributed by atoms with Gasteiger partial charge in [0.1, 0.15) is 0 Å². The predicted molar refractivity (Wildman–Crippen MR) is 67.5 cm³/mol. The van der Waals surface area contributed by atoms with E-state index in [9.17, 15) is 0 Å². The molecule has 1 heterocycles. The lowest BCUT2D eigenvalue weighted by Crippen LogP contribution is -2.39. The zero-order valence-corrected chi connectivity index (χ0v) is 10.4. The maximum Gasteiger partial charge on any atom is 0.000783 e. The van der Waals surface area contributed by atoms with Crippen molar-refractivity contribution in [3.05, 3.63) is 22.4 Å². The van der Waals surface area contributed by atoms with Crippen LogP contribution in [-0.4, -0.2) is 13.1 Å². The third-order valence-electron chi connectivity index (χ3n) is 3.83. The van der Waals surface area contributed by atoms with Gasteiger partial charge in [-0.25, -0.2) is 0 Å². The molecule has 0 radical (unpaired) electrons. The maximum atomic E-state index is 3.62. The van der Waals surface area contributed by atoms with Crippen LogP contribution in [0.15, 0.2) is 16.8 Å². The Morgan fingerprint density at radius 3 is 2.87 bits per heavy atom. The summed E-state index contributed by atoms with van der Waals surface area (Å²) in [5.74, 6) is 0. The summed E-state index contributed by atoms with van der Waals surface area (Å²) in [6.07, 6.45) is 6.85. The Hall–Kier alpha value is -0.340. The maximum absolute atomic E-state index is 3.62. The van der Waals surface area contributed by atoms with Crippen molar-refractivity contribution < 1.29 is 0 Å². The van der Waals surface area contributed by atoms with Gasteiger partial charge in [0, 0.05) is 6.54 Å². The lowest BCUT2D eigenvalue weighted by atomic mass is 9.67. The van der Waals surface area contributed by atoms with Crippen molar-refractivity contribution in [1.82, 2.24) is 5.32 Å². The third-order valence-corrected chi connectivity index (χ3v) is 4.57. The molecule has 2 heteroatoms. The molecule has 0 spiro atoms. The monoisotopic (exact) mass is 223 g/mol. The Kier molecular flexibility index (Phi) is 3.81. The van der Waals surface area contributed by atoms with Crippen LogP contribution in [0, 0.1) is 5.41 Å². The van der Waals surface area contributed by atoms with Crippen LogP contribution in [0.4, 0.5) is 0 Å². The second-order valence-corrected chi connectivity index (χ2v) is 5.55. The molecule has 1 nitrogen and oxygen atoms in total. The molecule has 1 aromatic heterocycles. The van der Waals surface area contributed by atoms with Crippen LogP contribution in [0.3, 0.4) is 0 Å². The van der Waals surface area contributed by atoms with E-state index >= 15 is 0 Å². The quantitative estimate of drug-likeness (QED) is 0.728. The molecule has 1 saturated carbocycles. The van der Waals surface area contributed by atoms with Gasteiger partial charge in [-0.2, -0.15) is 11.3 Å². The molecule has 1 N–H and O–H groups in total. The van der Waals surface area contributed by atoms with E-state index in [0.29, 0.717) is 5.41 Å². The lowest BCUT2D eigenvalue weighted by Gasteiger charge is -2.41. The Balaban J connectivity index is 1.62. The zero-order valence-electron chi connectivity index (χ0n) is 9.59. The topological polar surface area (TPSA) is 12.0 Å². The fraction of sp³-hybridized carbons (Fsp3) is 0.692. The fourth-order valence-electron chi connectivity index (χ4n) is 2.35. The van der Waals surface area contributed by atoms with E-state index in [0.717, 1.165) is 6.54 Å². The zero-order chi connectivity index (χ0) is 10.6. The number of nitrogens with one attached hydrogen (secondary N) is 1. The highest BCUT2D eigenvalue weighted by atomic mass is 32.1. The van der Waals surface area contributed by atoms with E-state index < -0.39 is 0 Å². The minimum Gasteiger partial charge on any atom is -0.316 e. The Labute approximate surface area is 96.9 Å². The summed E-state index contributed by atoms with van der Waals surface area (Å²) in [5.41, 5.74) is 2.14. The molecule has 1 aliphatic rings. The highest BCUT2D eigenvalue weighted by Gasteiger charge is 2.34. The SMILES string of the molecule is CCC1(CNCCc2ccsc2)CCC1. The van der Waals surface area contributed by atoms with Crippen LogP contribution < -0.4 is 5.32 Å². The second-order valence-electron chi connectivity index (χ2n) is 4.77. The highest BCUT2D eigenvalue weighted by molar-refractivity contribution is 7.07. The molecule has 0 atom stereocenters. The molecule has 15 heavy (non-hydrogen) atoms. The molecule has 0 amide bonds. The summed E-state index contributed by atoms with van der Waals surface area (Å²) >= 11 is 1.80. The molecule has 0 aliphatic heterocycles. The van der Waals surface area contributed by atoms with Crippen molar-refractivity contribution in [2.45, 2.75) is 39.0 Å². The average Bonchev–Trinajstić information content (AvgIpc) is 2.68. The van der Waals surface area contributed by atoms with Gasteiger partial charge in [0.2, 0.25) is 0 Å². The summed E-state index contributed by atoms with van der Waals surface area (Å²) in [7, 11) is 0. The van der Waals surface area contributed by atoms with Crippen LogP contribution in [-0.2, 0) is 6.42 Å². The van der Waals surface area contributed by atoms with Crippen LogP contribution >= 0.6 is 11.3 Å². The van der Waals surface area contributed by atoms with Crippen LogP contribution in [0.1, 0.15) is 38.2 Å². The molecule has 1 aliphatic carbocycles. The molecule has 0 unspecified atom stereocenters. The first-order valence-corrected chi connectivity index (χ1v) is 7.01. The Morgan fingerprint density at radius 1 is 1.47 bits per heavy atom. The van der Waals surface area contributed by atoms with Crippen molar-refractivity contribution in [3.8, 4) is 0 Å². The van der Waals surface area contributed by atoms with Crippen molar-refractivity contribution >= 4 is 11.3 Å². The Morgan fingerprint density at radius 2 is 2.33 bits per heavy atom. The molecule has 1 fully saturated rings. The largest absolute Gasteiger partial charge is 0.316 e. The summed E-state index contributed by atoms with van der Waals surface area (Å²) in [6.45, 7) is 4.70. The molecule has 84 valence electrons. The minimum absolute atomic E-state index is 0.661. The number of thiophene rings is 1. The summed E-state index contributed by atoms with van der Waals surface area (Å²) in [6, 6.07) is 2.23. The van der Waals surface area contributed by atoms with Gasteiger partial charge in [-0.15, -0.1) is 0 Å². The van der Waals surface area contributed by atoms with Gasteiger partial charge in [-0.05, 0) is 60.0 Å². The van der Waals surface area contributed by atoms with Gasteiger partial charge in [0.05, 0.1) is 0 Å². The van der Waals surface area contributed by atoms with E-state index in [1.54, 1.807) is 11.3 Å². The van der Waals surface area contributed by atoms with Crippen LogP contribution in [0.5, 0.6) is 0 Å². The number of hydrogen-bond donors (Lipinski definition) is 1. The Bertz CT molecular complexity index is 269. The first kappa shape index (κ1) is 11.2. The van der Waals surface area contributed by atoms with Crippen LogP contribution in [0.25, 0.3) is 0 Å². The van der Waals surface area contributed by atoms with E-state index in [4.69, 9.17) is 0 Å². The van der Waals surface area contributed by atoms with E-state index in [1.807, 2.05) is 0 Å². The molecule has 0 aromatic carbocycles. The lowest BCUT2D eigenvalue weighted by molar-refractivity contribution is 0.124. The number of hydrogen-bond acceptors (Lipinski definition) is 2. The normalized spacial score (nSPS) is 18.7. The smallest absolute Gasteiger partial charge is 0.000783 e. The molecule has 0 saturated heterocycles. The summed E-state index contributed by atoms with van der Waals surface area (Å²) in [5, 5.41) is 8.03. The van der Waals surface area contributed by atoms with Gasteiger partial charge < -0.3 is 5.32 Å². The van der Waals surface area contributed by atoms with Crippen molar-refractivity contribution in [2.24, 2.45) is 5.41 Å². The molecule has 2 rings (SSSR count). The molecular weight excluding hydrogens is 202 g/mol. The first-order valence-electron chi connectivity index (χ1n) is 6.06. The minimum atomic E-state index is 0.661. The van der Waals surface area contributed by atoms with Gasteiger partial charge in [-0.1, -0.05) is 13.3 Å². The van der Waals surface area contributed by atoms with E-state index in [2.05, 4.69) is 29.1 Å². The molecule has 1 aromatic rings. The van der Waals surface area contributed by atoms with E-state index in [1.165, 1.54) is 44.2 Å². The van der Waals surface area contributed by atoms with Gasteiger partial charge >= 0.3 is 0 Å². The highest BCUT2D eigenvalue weighted by Crippen LogP contribution is 2.42. The predicted octanol–water partition coefficient (Wildman–Crippen LogP) is 3.46. The second kappa shape index (κ2) is 5.13. The van der Waals surface area contributed by atoms with Gasteiger partial charge in [-0.3, -0.25) is 0 Å². The standard InChI is InChI=1S/C13H21NS/c1-2-13(6-3-7-13)11-14-8-4-12-5-9-15-10-12/h5,9-10,14H,2-4,6-8,11H2,1H3. The van der Waals surface area contributed by atoms with E-state index in [-0.39, 0.29) is 0 Å². The van der Waals surface area contributed by atoms with Crippen molar-refractivity contribution in [2.75, 3.05) is 13.1 Å². The average molecular weight is 223 g/mol. The molecule has 0 bridgehead atoms. The van der Waals surface area contributed by atoms with Crippen molar-refractivity contribution in [1.29, 1.82) is 0 Å². The number of rotatable bonds is 6. The van der Waals surface area contributed by atoms with Gasteiger partial charge in [0.15, 0.2) is 0 Å². The summed E-state index contributed by atoms with van der Waals surface area (Å²) < 4.78 is 0. The third kappa shape index (κ3) is 2.82. The summed E-state index contributed by atoms with van der Waals surface area (Å²) in [4.78, 5) is 0. The fourth-order valence-corrected chi connectivity index (χ4v) is 3.06.